The number of aryl methyl sites for hydroxylation is 1. The van der Waals surface area contributed by atoms with Crippen LogP contribution in [0.1, 0.15) is 77.9 Å². The van der Waals surface area contributed by atoms with Crippen LogP contribution >= 0.6 is 0 Å². The number of benzene rings is 1. The van der Waals surface area contributed by atoms with E-state index in [-0.39, 0.29) is 23.3 Å². The predicted molar refractivity (Wildman–Crippen MR) is 149 cm³/mol. The van der Waals surface area contributed by atoms with Crippen LogP contribution in [0, 0.1) is 6.92 Å². The lowest BCUT2D eigenvalue weighted by Crippen LogP contribution is -2.24. The molecule has 1 aliphatic heterocycles. The third-order valence-electron chi connectivity index (χ3n) is 8.66. The third kappa shape index (κ3) is 4.01. The number of aliphatic hydroxyl groups excluding tert-OH is 1. The van der Waals surface area contributed by atoms with Gasteiger partial charge in [0.2, 0.25) is 0 Å². The van der Waals surface area contributed by atoms with E-state index in [1.54, 1.807) is 12.3 Å². The second kappa shape index (κ2) is 8.48. The van der Waals surface area contributed by atoms with Crippen molar-refractivity contribution in [3.05, 3.63) is 99.7 Å². The van der Waals surface area contributed by atoms with Crippen molar-refractivity contribution in [3.63, 3.8) is 0 Å². The number of aromatic amines is 1. The number of nitrogens with one attached hydrogen (secondary N) is 1. The van der Waals surface area contributed by atoms with E-state index < -0.39 is 6.10 Å². The number of imidazole rings is 1. The zero-order valence-corrected chi connectivity index (χ0v) is 21.8. The van der Waals surface area contributed by atoms with Crippen molar-refractivity contribution in [1.29, 1.82) is 0 Å². The molecule has 8 rings (SSSR count). The Morgan fingerprint density at radius 3 is 2.74 bits per heavy atom. The van der Waals surface area contributed by atoms with E-state index in [0.29, 0.717) is 24.3 Å². The van der Waals surface area contributed by atoms with Gasteiger partial charge in [0.1, 0.15) is 11.5 Å². The van der Waals surface area contributed by atoms with Gasteiger partial charge >= 0.3 is 0 Å². The summed E-state index contributed by atoms with van der Waals surface area (Å²) in [6.07, 6.45) is 9.76. The summed E-state index contributed by atoms with van der Waals surface area (Å²) in [6.45, 7) is 2.50. The molecule has 5 heterocycles. The Labute approximate surface area is 225 Å². The zero-order chi connectivity index (χ0) is 26.2. The maximum atomic E-state index is 13.1. The molecule has 1 aromatic carbocycles. The summed E-state index contributed by atoms with van der Waals surface area (Å²) in [5.74, 6) is 1.98. The zero-order valence-electron chi connectivity index (χ0n) is 21.8. The van der Waals surface area contributed by atoms with E-state index in [1.165, 1.54) is 18.4 Å². The van der Waals surface area contributed by atoms with Crippen LogP contribution in [-0.2, 0) is 0 Å². The van der Waals surface area contributed by atoms with E-state index in [0.717, 1.165) is 46.2 Å². The minimum absolute atomic E-state index is 0.0194. The molecule has 2 aliphatic carbocycles. The maximum absolute atomic E-state index is 13.1. The van der Waals surface area contributed by atoms with Gasteiger partial charge in [0, 0.05) is 71.9 Å². The summed E-state index contributed by atoms with van der Waals surface area (Å²) < 4.78 is 2.13. The number of β-amino-alcohol motifs (C(OH)–C–C–N with tert-alkyl or cyclic N) is 1. The summed E-state index contributed by atoms with van der Waals surface area (Å²) in [7, 11) is 0. The molecule has 0 radical (unpaired) electrons. The molecule has 2 unspecified atom stereocenters. The van der Waals surface area contributed by atoms with Crippen molar-refractivity contribution in [1.82, 2.24) is 24.3 Å². The first kappa shape index (κ1) is 22.9. The van der Waals surface area contributed by atoms with Gasteiger partial charge in [-0.25, -0.2) is 15.0 Å². The molecule has 8 nitrogen and oxygen atoms in total. The van der Waals surface area contributed by atoms with Crippen molar-refractivity contribution in [2.75, 3.05) is 11.4 Å². The van der Waals surface area contributed by atoms with Crippen molar-refractivity contribution in [2.24, 2.45) is 0 Å². The first-order valence-electron chi connectivity index (χ1n) is 13.9. The molecule has 8 heteroatoms. The molecule has 2 saturated carbocycles. The maximum Gasteiger partial charge on any atom is 0.189 e. The largest absolute Gasteiger partial charge is 0.391 e. The fourth-order valence-corrected chi connectivity index (χ4v) is 6.34. The summed E-state index contributed by atoms with van der Waals surface area (Å²) in [5, 5.41) is 11.4. The summed E-state index contributed by atoms with van der Waals surface area (Å²) in [5.41, 5.74) is 6.96. The first-order valence-corrected chi connectivity index (χ1v) is 13.9. The van der Waals surface area contributed by atoms with Crippen molar-refractivity contribution in [2.45, 2.75) is 62.5 Å². The van der Waals surface area contributed by atoms with Gasteiger partial charge in [0.15, 0.2) is 5.43 Å². The second-order valence-electron chi connectivity index (χ2n) is 11.5. The number of rotatable bonds is 5. The average Bonchev–Trinajstić information content (AvgIpc) is 3.85. The molecule has 39 heavy (non-hydrogen) atoms. The van der Waals surface area contributed by atoms with Gasteiger partial charge in [0.25, 0.3) is 0 Å². The van der Waals surface area contributed by atoms with Crippen LogP contribution in [0.4, 0.5) is 5.69 Å². The van der Waals surface area contributed by atoms with Crippen molar-refractivity contribution >= 4 is 22.2 Å². The quantitative estimate of drug-likeness (QED) is 0.349. The topological polar surface area (TPSA) is 99.4 Å². The molecule has 2 N–H and O–H groups in total. The van der Waals surface area contributed by atoms with Crippen LogP contribution in [0.2, 0.25) is 0 Å². The minimum Gasteiger partial charge on any atom is -0.391 e. The lowest BCUT2D eigenvalue weighted by Gasteiger charge is -2.25. The van der Waals surface area contributed by atoms with Gasteiger partial charge in [0.05, 0.1) is 23.4 Å². The van der Waals surface area contributed by atoms with Crippen LogP contribution in [0.5, 0.6) is 0 Å². The molecular formula is C31H30N6O2. The highest BCUT2D eigenvalue weighted by Gasteiger charge is 2.43. The summed E-state index contributed by atoms with van der Waals surface area (Å²) in [4.78, 5) is 32.8. The number of hydrogen-bond acceptors (Lipinski definition) is 6. The Hall–Kier alpha value is -4.04. The molecule has 3 fully saturated rings. The Bertz CT molecular complexity index is 1800. The first-order chi connectivity index (χ1) is 19.0. The molecule has 0 spiro atoms. The highest BCUT2D eigenvalue weighted by atomic mass is 16.3. The molecular weight excluding hydrogens is 488 g/mol. The molecule has 3 aliphatic rings. The molecule has 4 atom stereocenters. The molecule has 4 aromatic heterocycles. The molecule has 196 valence electrons. The lowest BCUT2D eigenvalue weighted by atomic mass is 10.1. The number of H-pyrrole nitrogens is 1. The van der Waals surface area contributed by atoms with Crippen LogP contribution < -0.4 is 10.3 Å². The Morgan fingerprint density at radius 1 is 1.00 bits per heavy atom. The predicted octanol–water partition coefficient (Wildman–Crippen LogP) is 4.74. The number of hydrogen-bond donors (Lipinski definition) is 2. The monoisotopic (exact) mass is 518 g/mol. The van der Waals surface area contributed by atoms with Gasteiger partial charge in [-0.1, -0.05) is 6.07 Å². The van der Waals surface area contributed by atoms with Crippen LogP contribution in [0.15, 0.2) is 65.8 Å². The normalized spacial score (nSPS) is 24.6. The highest BCUT2D eigenvalue weighted by Crippen LogP contribution is 2.53. The van der Waals surface area contributed by atoms with E-state index >= 15 is 0 Å². The number of aromatic nitrogens is 5. The summed E-state index contributed by atoms with van der Waals surface area (Å²) in [6, 6.07) is 13.8. The standard InChI is InChI=1S/C31H30N6O2/c1-17-8-9-32-31(33-17)24-12-23(24)26-13-29(39)22-6-5-20(10-25(22)34-26)37-15-21(38)11-28(37)27-16-36-14-19(18-2-3-18)4-7-30(36)35-27/h4-10,13-14,16,18,21,23-24,28,38H,2-3,11-12,15H2,1H3,(H,34,39)/t21-,23?,24?,28+/m0/s1. The number of nitrogens with zero attached hydrogens (tertiary/aromatic N) is 5. The van der Waals surface area contributed by atoms with E-state index in [1.807, 2.05) is 31.2 Å². The molecule has 5 aromatic rings. The fourth-order valence-electron chi connectivity index (χ4n) is 6.34. The van der Waals surface area contributed by atoms with Crippen molar-refractivity contribution < 1.29 is 5.11 Å². The van der Waals surface area contributed by atoms with Gasteiger partial charge < -0.3 is 19.4 Å². The summed E-state index contributed by atoms with van der Waals surface area (Å²) >= 11 is 0. The lowest BCUT2D eigenvalue weighted by molar-refractivity contribution is 0.194. The van der Waals surface area contributed by atoms with Gasteiger partial charge in [-0.05, 0) is 68.0 Å². The van der Waals surface area contributed by atoms with Gasteiger partial charge in [-0.15, -0.1) is 0 Å². The SMILES string of the molecule is Cc1ccnc(C2CC2c2cc(=O)c3ccc(N4C[C@@H](O)C[C@@H]4c4cn5cc(C6CC6)ccc5n4)cc3[nH]2)n1. The second-order valence-corrected chi connectivity index (χ2v) is 11.5. The molecule has 1 saturated heterocycles. The van der Waals surface area contributed by atoms with Crippen molar-refractivity contribution in [3.8, 4) is 0 Å². The average molecular weight is 519 g/mol. The Balaban J connectivity index is 1.12. The van der Waals surface area contributed by atoms with Gasteiger partial charge in [-0.3, -0.25) is 4.79 Å². The fraction of sp³-hybridized carbons (Fsp3) is 0.355. The van der Waals surface area contributed by atoms with E-state index in [9.17, 15) is 9.90 Å². The van der Waals surface area contributed by atoms with Crippen LogP contribution in [0.25, 0.3) is 16.6 Å². The number of aliphatic hydroxyl groups is 1. The molecule has 0 amide bonds. The van der Waals surface area contributed by atoms with Gasteiger partial charge in [-0.2, -0.15) is 0 Å². The third-order valence-corrected chi connectivity index (χ3v) is 8.66. The van der Waals surface area contributed by atoms with E-state index in [2.05, 4.69) is 48.8 Å². The number of anilines is 1. The smallest absolute Gasteiger partial charge is 0.189 e. The van der Waals surface area contributed by atoms with Crippen LogP contribution in [0.3, 0.4) is 0 Å². The minimum atomic E-state index is -0.440. The number of fused-ring (bicyclic) bond motifs is 2. The molecule has 0 bridgehead atoms. The number of pyridine rings is 2. The Kier molecular flexibility index (Phi) is 4.98. The van der Waals surface area contributed by atoms with E-state index in [4.69, 9.17) is 4.98 Å². The highest BCUT2D eigenvalue weighted by molar-refractivity contribution is 5.83. The van der Waals surface area contributed by atoms with Crippen LogP contribution in [-0.4, -0.2) is 42.1 Å². The Morgan fingerprint density at radius 2 is 1.90 bits per heavy atom.